The Morgan fingerprint density at radius 2 is 1.79 bits per heavy atom. The first kappa shape index (κ1) is 17.7. The lowest BCUT2D eigenvalue weighted by molar-refractivity contribution is -0.141. The van der Waals surface area contributed by atoms with Gasteiger partial charge in [-0.1, -0.05) is 0 Å². The topological polar surface area (TPSA) is 93.1 Å². The maximum Gasteiger partial charge on any atom is 0.317 e. The lowest BCUT2D eigenvalue weighted by Crippen LogP contribution is -2.46. The van der Waals surface area contributed by atoms with E-state index in [2.05, 4.69) is 5.32 Å². The molecule has 19 heavy (non-hydrogen) atoms. The third-order valence-corrected chi connectivity index (χ3v) is 2.60. The molecule has 0 radical (unpaired) electrons. The van der Waals surface area contributed by atoms with Crippen molar-refractivity contribution in [2.24, 2.45) is 0 Å². The standard InChI is InChI=1S/C12H25N3O4/c1-12(19,8-10(16)17)9-13-11(18)15(4)7-5-6-14(2)3/h19H,5-9H2,1-4H3,(H,13,18)(H,16,17). The maximum absolute atomic E-state index is 11.7. The molecule has 0 aromatic carbocycles. The van der Waals surface area contributed by atoms with Gasteiger partial charge in [-0.2, -0.15) is 0 Å². The van der Waals surface area contributed by atoms with Gasteiger partial charge < -0.3 is 25.3 Å². The largest absolute Gasteiger partial charge is 0.481 e. The first-order valence-corrected chi connectivity index (χ1v) is 6.22. The Morgan fingerprint density at radius 1 is 1.21 bits per heavy atom. The molecule has 0 aromatic rings. The molecule has 0 aliphatic heterocycles. The Morgan fingerprint density at radius 3 is 2.26 bits per heavy atom. The zero-order chi connectivity index (χ0) is 15.1. The molecule has 1 unspecified atom stereocenters. The molecule has 3 N–H and O–H groups in total. The molecular weight excluding hydrogens is 250 g/mol. The van der Waals surface area contributed by atoms with Gasteiger partial charge >= 0.3 is 12.0 Å². The van der Waals surface area contributed by atoms with E-state index < -0.39 is 18.0 Å². The summed E-state index contributed by atoms with van der Waals surface area (Å²) in [4.78, 5) is 25.8. The third-order valence-electron chi connectivity index (χ3n) is 2.60. The molecule has 2 amide bonds. The highest BCUT2D eigenvalue weighted by Gasteiger charge is 2.25. The molecule has 0 spiro atoms. The highest BCUT2D eigenvalue weighted by Crippen LogP contribution is 2.07. The van der Waals surface area contributed by atoms with Crippen LogP contribution in [0.3, 0.4) is 0 Å². The van der Waals surface area contributed by atoms with Crippen molar-refractivity contribution in [3.8, 4) is 0 Å². The first-order chi connectivity index (χ1) is 8.64. The van der Waals surface area contributed by atoms with Crippen molar-refractivity contribution < 1.29 is 19.8 Å². The molecule has 7 heteroatoms. The van der Waals surface area contributed by atoms with Crippen molar-refractivity contribution in [2.75, 3.05) is 40.8 Å². The second-order valence-electron chi connectivity index (χ2n) is 5.30. The van der Waals surface area contributed by atoms with Crippen molar-refractivity contribution >= 4 is 12.0 Å². The lowest BCUT2D eigenvalue weighted by Gasteiger charge is -2.24. The number of aliphatic carboxylic acids is 1. The number of aliphatic hydroxyl groups is 1. The quantitative estimate of drug-likeness (QED) is 0.571. The second-order valence-corrected chi connectivity index (χ2v) is 5.30. The minimum atomic E-state index is -1.44. The molecule has 0 aliphatic carbocycles. The van der Waals surface area contributed by atoms with Crippen LogP contribution in [0.5, 0.6) is 0 Å². The molecule has 0 saturated heterocycles. The maximum atomic E-state index is 11.7. The van der Waals surface area contributed by atoms with Crippen LogP contribution in [0.25, 0.3) is 0 Å². The minimum Gasteiger partial charge on any atom is -0.481 e. The highest BCUT2D eigenvalue weighted by atomic mass is 16.4. The van der Waals surface area contributed by atoms with E-state index in [4.69, 9.17) is 5.11 Å². The number of amides is 2. The smallest absolute Gasteiger partial charge is 0.317 e. The summed E-state index contributed by atoms with van der Waals surface area (Å²) >= 11 is 0. The van der Waals surface area contributed by atoms with E-state index in [-0.39, 0.29) is 12.6 Å². The normalized spacial score (nSPS) is 14.0. The molecule has 0 fully saturated rings. The first-order valence-electron chi connectivity index (χ1n) is 6.22. The fourth-order valence-electron chi connectivity index (χ4n) is 1.51. The molecule has 0 rings (SSSR count). The van der Waals surface area contributed by atoms with E-state index in [9.17, 15) is 14.7 Å². The number of hydrogen-bond acceptors (Lipinski definition) is 4. The van der Waals surface area contributed by atoms with Crippen LogP contribution < -0.4 is 5.32 Å². The molecule has 7 nitrogen and oxygen atoms in total. The fourth-order valence-corrected chi connectivity index (χ4v) is 1.51. The summed E-state index contributed by atoms with van der Waals surface area (Å²) < 4.78 is 0. The molecule has 0 saturated carbocycles. The van der Waals surface area contributed by atoms with Crippen LogP contribution in [0.1, 0.15) is 19.8 Å². The zero-order valence-corrected chi connectivity index (χ0v) is 12.1. The lowest BCUT2D eigenvalue weighted by atomic mass is 10.0. The van der Waals surface area contributed by atoms with Gasteiger partial charge in [-0.15, -0.1) is 0 Å². The summed E-state index contributed by atoms with van der Waals surface area (Å²) in [6, 6.07) is -0.315. The van der Waals surface area contributed by atoms with Gasteiger partial charge in [0.2, 0.25) is 0 Å². The SMILES string of the molecule is CN(C)CCCN(C)C(=O)NCC(C)(O)CC(=O)O. The summed E-state index contributed by atoms with van der Waals surface area (Å²) in [7, 11) is 5.59. The van der Waals surface area contributed by atoms with Crippen molar-refractivity contribution in [1.29, 1.82) is 0 Å². The van der Waals surface area contributed by atoms with Crippen molar-refractivity contribution in [3.63, 3.8) is 0 Å². The predicted octanol–water partition coefficient (Wildman–Crippen LogP) is -0.195. The number of carbonyl (C=O) groups is 2. The number of nitrogens with zero attached hydrogens (tertiary/aromatic N) is 2. The molecule has 1 atom stereocenters. The van der Waals surface area contributed by atoms with Gasteiger partial charge in [-0.05, 0) is 34.0 Å². The summed E-state index contributed by atoms with van der Waals surface area (Å²) in [5.41, 5.74) is -1.44. The second kappa shape index (κ2) is 7.96. The minimum absolute atomic E-state index is 0.0871. The van der Waals surface area contributed by atoms with Crippen molar-refractivity contribution in [2.45, 2.75) is 25.4 Å². The van der Waals surface area contributed by atoms with Gasteiger partial charge in [0.1, 0.15) is 0 Å². The summed E-state index contributed by atoms with van der Waals surface area (Å²) in [5, 5.41) is 20.9. The van der Waals surface area contributed by atoms with Crippen LogP contribution in [-0.4, -0.2) is 78.4 Å². The van der Waals surface area contributed by atoms with Gasteiger partial charge in [-0.25, -0.2) is 4.79 Å². The molecular formula is C12H25N3O4. The number of carboxylic acid groups (broad SMARTS) is 1. The predicted molar refractivity (Wildman–Crippen MR) is 72.1 cm³/mol. The number of rotatable bonds is 8. The van der Waals surface area contributed by atoms with E-state index in [0.29, 0.717) is 6.54 Å². The van der Waals surface area contributed by atoms with Crippen LogP contribution in [0, 0.1) is 0 Å². The molecule has 0 heterocycles. The highest BCUT2D eigenvalue weighted by molar-refractivity contribution is 5.74. The zero-order valence-electron chi connectivity index (χ0n) is 12.1. The Kier molecular flexibility index (Phi) is 7.40. The van der Waals surface area contributed by atoms with Gasteiger partial charge in [0, 0.05) is 20.1 Å². The van der Waals surface area contributed by atoms with E-state index >= 15 is 0 Å². The van der Waals surface area contributed by atoms with E-state index in [1.807, 2.05) is 19.0 Å². The molecule has 0 aromatic heterocycles. The Balaban J connectivity index is 3.99. The van der Waals surface area contributed by atoms with Crippen molar-refractivity contribution in [1.82, 2.24) is 15.1 Å². The fraction of sp³-hybridized carbons (Fsp3) is 0.833. The molecule has 0 bridgehead atoms. The van der Waals surface area contributed by atoms with Gasteiger partial charge in [-0.3, -0.25) is 4.79 Å². The van der Waals surface area contributed by atoms with Crippen LogP contribution in [-0.2, 0) is 4.79 Å². The van der Waals surface area contributed by atoms with Gasteiger partial charge in [0.05, 0.1) is 12.0 Å². The monoisotopic (exact) mass is 275 g/mol. The summed E-state index contributed by atoms with van der Waals surface area (Å²) in [6.45, 7) is 2.78. The van der Waals surface area contributed by atoms with Crippen LogP contribution >= 0.6 is 0 Å². The van der Waals surface area contributed by atoms with Gasteiger partial charge in [0.25, 0.3) is 0 Å². The van der Waals surface area contributed by atoms with E-state index in [1.54, 1.807) is 7.05 Å². The average Bonchev–Trinajstić information content (AvgIpc) is 2.23. The Hall–Kier alpha value is -1.34. The number of carboxylic acids is 1. The van der Waals surface area contributed by atoms with Crippen LogP contribution in [0.15, 0.2) is 0 Å². The van der Waals surface area contributed by atoms with Crippen molar-refractivity contribution in [3.05, 3.63) is 0 Å². The molecule has 0 aliphatic rings. The number of urea groups is 1. The Labute approximate surface area is 114 Å². The number of carbonyl (C=O) groups excluding carboxylic acids is 1. The number of hydrogen-bond donors (Lipinski definition) is 3. The van der Waals surface area contributed by atoms with Crippen LogP contribution in [0.4, 0.5) is 4.79 Å². The van der Waals surface area contributed by atoms with E-state index in [1.165, 1.54) is 11.8 Å². The average molecular weight is 275 g/mol. The van der Waals surface area contributed by atoms with Crippen LogP contribution in [0.2, 0.25) is 0 Å². The molecule has 112 valence electrons. The number of nitrogens with one attached hydrogen (secondary N) is 1. The summed E-state index contributed by atoms with van der Waals surface area (Å²) in [6.07, 6.45) is 0.445. The summed E-state index contributed by atoms with van der Waals surface area (Å²) in [5.74, 6) is -1.10. The third kappa shape index (κ3) is 9.26. The van der Waals surface area contributed by atoms with Gasteiger partial charge in [0.15, 0.2) is 0 Å². The van der Waals surface area contributed by atoms with E-state index in [0.717, 1.165) is 13.0 Å². The Bertz CT molecular complexity index is 305.